The summed E-state index contributed by atoms with van der Waals surface area (Å²) < 4.78 is 15.6. The van der Waals surface area contributed by atoms with Gasteiger partial charge < -0.3 is 19.2 Å². The molecule has 31 heavy (non-hydrogen) atoms. The van der Waals surface area contributed by atoms with Crippen molar-refractivity contribution in [2.45, 2.75) is 27.2 Å². The number of rotatable bonds is 8. The Labute approximate surface area is 183 Å². The maximum atomic E-state index is 12.5. The van der Waals surface area contributed by atoms with E-state index in [1.54, 1.807) is 19.2 Å². The van der Waals surface area contributed by atoms with Crippen molar-refractivity contribution in [3.63, 3.8) is 0 Å². The van der Waals surface area contributed by atoms with Gasteiger partial charge in [-0.25, -0.2) is 14.6 Å². The number of thiazole rings is 1. The second kappa shape index (κ2) is 10.0. The van der Waals surface area contributed by atoms with Gasteiger partial charge >= 0.3 is 11.9 Å². The van der Waals surface area contributed by atoms with Gasteiger partial charge in [-0.05, 0) is 51.1 Å². The minimum atomic E-state index is -0.595. The molecule has 0 aliphatic heterocycles. The Bertz CT molecular complexity index is 1060. The average Bonchev–Trinajstić information content (AvgIpc) is 3.37. The van der Waals surface area contributed by atoms with Crippen LogP contribution in [-0.2, 0) is 20.7 Å². The molecule has 0 atom stereocenters. The van der Waals surface area contributed by atoms with Crippen LogP contribution in [0, 0.1) is 6.92 Å². The first-order chi connectivity index (χ1) is 14.9. The van der Waals surface area contributed by atoms with Gasteiger partial charge in [-0.2, -0.15) is 0 Å². The molecule has 1 aromatic carbocycles. The van der Waals surface area contributed by atoms with Crippen LogP contribution in [0.2, 0.25) is 0 Å². The highest BCUT2D eigenvalue weighted by Crippen LogP contribution is 2.26. The molecule has 1 N–H and O–H groups in total. The van der Waals surface area contributed by atoms with Gasteiger partial charge in [0.1, 0.15) is 5.76 Å². The summed E-state index contributed by atoms with van der Waals surface area (Å²) in [5.74, 6) is -0.105. The number of nitrogens with one attached hydrogen (secondary N) is 1. The Morgan fingerprint density at radius 2 is 1.68 bits per heavy atom. The van der Waals surface area contributed by atoms with E-state index in [4.69, 9.17) is 13.9 Å². The lowest BCUT2D eigenvalue weighted by Crippen LogP contribution is -2.16. The van der Waals surface area contributed by atoms with E-state index in [1.165, 1.54) is 29.5 Å². The topological polar surface area (TPSA) is 108 Å². The van der Waals surface area contributed by atoms with Crippen molar-refractivity contribution in [3.8, 4) is 10.8 Å². The number of hydrogen-bond acceptors (Lipinski definition) is 8. The van der Waals surface area contributed by atoms with Crippen molar-refractivity contribution >= 4 is 34.9 Å². The van der Waals surface area contributed by atoms with Crippen LogP contribution >= 0.6 is 11.3 Å². The van der Waals surface area contributed by atoms with E-state index in [-0.39, 0.29) is 42.4 Å². The van der Waals surface area contributed by atoms with Crippen molar-refractivity contribution in [2.24, 2.45) is 0 Å². The molecule has 9 heteroatoms. The maximum Gasteiger partial charge on any atom is 0.338 e. The number of hydrogen-bond donors (Lipinski definition) is 1. The number of esters is 2. The molecule has 3 aromatic rings. The number of carbonyl (C=O) groups is 3. The Hall–Kier alpha value is -3.46. The normalized spacial score (nSPS) is 10.5. The summed E-state index contributed by atoms with van der Waals surface area (Å²) in [6.45, 7) is 5.58. The summed E-state index contributed by atoms with van der Waals surface area (Å²) in [5.41, 5.74) is 1.16. The van der Waals surface area contributed by atoms with E-state index in [1.807, 2.05) is 19.1 Å². The second-order valence-corrected chi connectivity index (χ2v) is 7.38. The maximum absolute atomic E-state index is 12.5. The van der Waals surface area contributed by atoms with E-state index in [2.05, 4.69) is 10.3 Å². The predicted molar refractivity (Wildman–Crippen MR) is 115 cm³/mol. The number of aryl methyl sites for hydroxylation is 1. The lowest BCUT2D eigenvalue weighted by Gasteiger charge is -2.10. The van der Waals surface area contributed by atoms with Gasteiger partial charge in [-0.3, -0.25) is 4.79 Å². The number of ether oxygens (including phenoxy) is 2. The largest absolute Gasteiger partial charge is 0.462 e. The zero-order valence-corrected chi connectivity index (χ0v) is 18.2. The number of furan rings is 1. The van der Waals surface area contributed by atoms with Crippen molar-refractivity contribution in [1.82, 2.24) is 4.98 Å². The molecule has 0 saturated carbocycles. The van der Waals surface area contributed by atoms with E-state index in [0.29, 0.717) is 16.5 Å². The van der Waals surface area contributed by atoms with Crippen LogP contribution in [0.1, 0.15) is 46.0 Å². The highest BCUT2D eigenvalue weighted by molar-refractivity contribution is 7.13. The monoisotopic (exact) mass is 442 g/mol. The second-order valence-electron chi connectivity index (χ2n) is 6.52. The van der Waals surface area contributed by atoms with Crippen LogP contribution < -0.4 is 5.32 Å². The molecule has 2 aromatic heterocycles. The van der Waals surface area contributed by atoms with Gasteiger partial charge in [0.25, 0.3) is 0 Å². The third-order valence-corrected chi connectivity index (χ3v) is 4.99. The standard InChI is InChI=1S/C22H22N2O6S/c1-4-28-21(26)14-8-15(22(27)29-5-2)10-16(9-14)23-19(25)11-17-12-31-20(24-17)18-7-6-13(3)30-18/h6-10,12H,4-5,11H2,1-3H3,(H,23,25). The fourth-order valence-electron chi connectivity index (χ4n) is 2.78. The molecular formula is C22H22N2O6S. The highest BCUT2D eigenvalue weighted by atomic mass is 32.1. The number of nitrogens with zero attached hydrogens (tertiary/aromatic N) is 1. The molecule has 0 unspecified atom stereocenters. The molecule has 2 heterocycles. The number of carbonyl (C=O) groups excluding carboxylic acids is 3. The molecular weight excluding hydrogens is 420 g/mol. The van der Waals surface area contributed by atoms with Gasteiger partial charge in [-0.15, -0.1) is 11.3 Å². The Balaban J connectivity index is 1.75. The summed E-state index contributed by atoms with van der Waals surface area (Å²) in [6.07, 6.45) is 0.0224. The summed E-state index contributed by atoms with van der Waals surface area (Å²) in [6, 6.07) is 7.97. The van der Waals surface area contributed by atoms with Crippen LogP contribution in [-0.4, -0.2) is 36.0 Å². The zero-order valence-electron chi connectivity index (χ0n) is 17.4. The molecule has 0 spiro atoms. The van der Waals surface area contributed by atoms with E-state index < -0.39 is 11.9 Å². The molecule has 8 nitrogen and oxygen atoms in total. The molecule has 0 saturated heterocycles. The Kier molecular flexibility index (Phi) is 7.19. The van der Waals surface area contributed by atoms with Gasteiger partial charge in [0, 0.05) is 11.1 Å². The van der Waals surface area contributed by atoms with Crippen molar-refractivity contribution in [2.75, 3.05) is 18.5 Å². The van der Waals surface area contributed by atoms with E-state index >= 15 is 0 Å². The zero-order chi connectivity index (χ0) is 22.4. The van der Waals surface area contributed by atoms with Crippen molar-refractivity contribution < 1.29 is 28.3 Å². The first kappa shape index (κ1) is 22.2. The molecule has 0 fully saturated rings. The number of aromatic nitrogens is 1. The minimum Gasteiger partial charge on any atom is -0.462 e. The van der Waals surface area contributed by atoms with E-state index in [9.17, 15) is 14.4 Å². The lowest BCUT2D eigenvalue weighted by molar-refractivity contribution is -0.115. The smallest absolute Gasteiger partial charge is 0.338 e. The third-order valence-electron chi connectivity index (χ3n) is 4.08. The number of amides is 1. The molecule has 0 bridgehead atoms. The lowest BCUT2D eigenvalue weighted by atomic mass is 10.1. The number of benzene rings is 1. The third kappa shape index (κ3) is 5.79. The summed E-state index contributed by atoms with van der Waals surface area (Å²) in [7, 11) is 0. The Morgan fingerprint density at radius 3 is 2.23 bits per heavy atom. The van der Waals surface area contributed by atoms with Gasteiger partial charge in [0.05, 0.1) is 36.5 Å². The molecule has 0 aliphatic rings. The first-order valence-corrected chi connectivity index (χ1v) is 10.6. The van der Waals surface area contributed by atoms with Crippen LogP contribution in [0.4, 0.5) is 5.69 Å². The summed E-state index contributed by atoms with van der Waals surface area (Å²) >= 11 is 1.38. The molecule has 0 radical (unpaired) electrons. The van der Waals surface area contributed by atoms with Crippen LogP contribution in [0.25, 0.3) is 10.8 Å². The Morgan fingerprint density at radius 1 is 1.03 bits per heavy atom. The van der Waals surface area contributed by atoms with Crippen molar-refractivity contribution in [1.29, 1.82) is 0 Å². The predicted octanol–water partition coefficient (Wildman–Crippen LogP) is 4.25. The van der Waals surface area contributed by atoms with Crippen LogP contribution in [0.3, 0.4) is 0 Å². The van der Waals surface area contributed by atoms with E-state index in [0.717, 1.165) is 5.76 Å². The van der Waals surface area contributed by atoms with Gasteiger partial charge in [0.2, 0.25) is 5.91 Å². The number of anilines is 1. The van der Waals surface area contributed by atoms with Crippen LogP contribution in [0.15, 0.2) is 40.1 Å². The summed E-state index contributed by atoms with van der Waals surface area (Å²) in [5, 5.41) is 5.17. The van der Waals surface area contributed by atoms with Crippen LogP contribution in [0.5, 0.6) is 0 Å². The van der Waals surface area contributed by atoms with Crippen molar-refractivity contribution in [3.05, 3.63) is 58.3 Å². The average molecular weight is 442 g/mol. The molecule has 3 rings (SSSR count). The SMILES string of the molecule is CCOC(=O)c1cc(NC(=O)Cc2csc(-c3ccc(C)o3)n2)cc(C(=O)OCC)c1. The fourth-order valence-corrected chi connectivity index (χ4v) is 3.56. The fraction of sp³-hybridized carbons (Fsp3) is 0.273. The first-order valence-electron chi connectivity index (χ1n) is 9.70. The summed E-state index contributed by atoms with van der Waals surface area (Å²) in [4.78, 5) is 41.3. The minimum absolute atomic E-state index is 0.0224. The molecule has 1 amide bonds. The molecule has 0 aliphatic carbocycles. The van der Waals surface area contributed by atoms with Gasteiger partial charge in [0.15, 0.2) is 10.8 Å². The highest BCUT2D eigenvalue weighted by Gasteiger charge is 2.17. The molecule has 162 valence electrons. The van der Waals surface area contributed by atoms with Gasteiger partial charge in [-0.1, -0.05) is 0 Å². The quantitative estimate of drug-likeness (QED) is 0.520.